The largest absolute Gasteiger partial charge is 0.314 e. The van der Waals surface area contributed by atoms with Crippen LogP contribution in [0.4, 0.5) is 11.4 Å². The Morgan fingerprint density at radius 2 is 1.61 bits per heavy atom. The summed E-state index contributed by atoms with van der Waals surface area (Å²) >= 11 is 0. The maximum absolute atomic E-state index is 4.03. The molecule has 0 aromatic heterocycles. The molecule has 1 nitrogen and oxygen atoms in total. The third kappa shape index (κ3) is 3.84. The lowest BCUT2D eigenvalue weighted by Crippen LogP contribution is -2.15. The van der Waals surface area contributed by atoms with E-state index in [1.165, 1.54) is 10.8 Å². The SMILES string of the molecule is C=Cc1cc(N(/C(C)=C/C=C\CC)c2ccccc2)c2ccccc2c1C=C. The van der Waals surface area contributed by atoms with Gasteiger partial charge in [-0.3, -0.25) is 0 Å². The molecule has 0 amide bonds. The Hall–Kier alpha value is -3.32. The van der Waals surface area contributed by atoms with E-state index in [0.29, 0.717) is 0 Å². The van der Waals surface area contributed by atoms with Crippen LogP contribution in [0.2, 0.25) is 0 Å². The van der Waals surface area contributed by atoms with Gasteiger partial charge >= 0.3 is 0 Å². The molecular formula is C27H27N. The number of para-hydroxylation sites is 1. The summed E-state index contributed by atoms with van der Waals surface area (Å²) in [6.07, 6.45) is 11.3. The van der Waals surface area contributed by atoms with Gasteiger partial charge in [0.1, 0.15) is 0 Å². The van der Waals surface area contributed by atoms with E-state index in [1.807, 2.05) is 18.2 Å². The van der Waals surface area contributed by atoms with Gasteiger partial charge in [0.05, 0.1) is 5.69 Å². The minimum absolute atomic E-state index is 1.02. The Bertz CT molecular complexity index is 1040. The van der Waals surface area contributed by atoms with Crippen LogP contribution in [0.25, 0.3) is 22.9 Å². The topological polar surface area (TPSA) is 3.24 Å². The average Bonchev–Trinajstić information content (AvgIpc) is 2.74. The second kappa shape index (κ2) is 9.05. The predicted octanol–water partition coefficient (Wildman–Crippen LogP) is 8.13. The van der Waals surface area contributed by atoms with Crippen LogP contribution in [0.3, 0.4) is 0 Å². The van der Waals surface area contributed by atoms with Crippen molar-refractivity contribution in [1.82, 2.24) is 0 Å². The first-order valence-electron chi connectivity index (χ1n) is 9.70. The zero-order valence-corrected chi connectivity index (χ0v) is 16.7. The van der Waals surface area contributed by atoms with Crippen LogP contribution in [-0.4, -0.2) is 0 Å². The lowest BCUT2D eigenvalue weighted by molar-refractivity contribution is 1.16. The van der Waals surface area contributed by atoms with E-state index >= 15 is 0 Å². The molecule has 0 aliphatic heterocycles. The van der Waals surface area contributed by atoms with Gasteiger partial charge in [0.25, 0.3) is 0 Å². The van der Waals surface area contributed by atoms with Crippen LogP contribution < -0.4 is 4.90 Å². The number of anilines is 2. The molecule has 0 N–H and O–H groups in total. The highest BCUT2D eigenvalue weighted by Crippen LogP contribution is 2.39. The summed E-state index contributed by atoms with van der Waals surface area (Å²) in [4.78, 5) is 2.31. The van der Waals surface area contributed by atoms with E-state index in [9.17, 15) is 0 Å². The number of fused-ring (bicyclic) bond motifs is 1. The molecule has 0 atom stereocenters. The third-order valence-corrected chi connectivity index (χ3v) is 4.84. The number of hydrogen-bond donors (Lipinski definition) is 0. The van der Waals surface area contributed by atoms with Crippen molar-refractivity contribution in [2.75, 3.05) is 4.90 Å². The van der Waals surface area contributed by atoms with Crippen LogP contribution in [0, 0.1) is 0 Å². The van der Waals surface area contributed by atoms with E-state index in [1.54, 1.807) is 0 Å². The van der Waals surface area contributed by atoms with Gasteiger partial charge < -0.3 is 4.90 Å². The summed E-state index contributed by atoms with van der Waals surface area (Å²) in [6, 6.07) is 21.2. The van der Waals surface area contributed by atoms with Crippen LogP contribution in [0.1, 0.15) is 31.4 Å². The molecule has 0 unspecified atom stereocenters. The number of benzene rings is 3. The third-order valence-electron chi connectivity index (χ3n) is 4.84. The molecule has 0 bridgehead atoms. The van der Waals surface area contributed by atoms with Gasteiger partial charge in [-0.2, -0.15) is 0 Å². The van der Waals surface area contributed by atoms with Crippen molar-refractivity contribution >= 4 is 34.3 Å². The van der Waals surface area contributed by atoms with Gasteiger partial charge in [0.2, 0.25) is 0 Å². The smallest absolute Gasteiger partial charge is 0.0543 e. The summed E-state index contributed by atoms with van der Waals surface area (Å²) in [6.45, 7) is 12.4. The Balaban J connectivity index is 2.33. The highest BCUT2D eigenvalue weighted by molar-refractivity contribution is 6.03. The van der Waals surface area contributed by atoms with E-state index in [0.717, 1.165) is 34.6 Å². The molecule has 0 radical (unpaired) electrons. The van der Waals surface area contributed by atoms with Gasteiger partial charge in [0, 0.05) is 16.8 Å². The summed E-state index contributed by atoms with van der Waals surface area (Å²) in [5.41, 5.74) is 5.63. The first kappa shape index (κ1) is 19.4. The molecule has 0 saturated carbocycles. The zero-order valence-electron chi connectivity index (χ0n) is 16.7. The summed E-state index contributed by atoms with van der Waals surface area (Å²) in [7, 11) is 0. The molecule has 3 aromatic rings. The van der Waals surface area contributed by atoms with E-state index in [2.05, 4.69) is 105 Å². The number of rotatable bonds is 7. The molecule has 0 aliphatic carbocycles. The molecule has 28 heavy (non-hydrogen) atoms. The summed E-state index contributed by atoms with van der Waals surface area (Å²) in [5, 5.41) is 2.38. The normalized spacial score (nSPS) is 11.7. The predicted molar refractivity (Wildman–Crippen MR) is 126 cm³/mol. The van der Waals surface area contributed by atoms with Crippen molar-refractivity contribution in [1.29, 1.82) is 0 Å². The Morgan fingerprint density at radius 3 is 2.25 bits per heavy atom. The fourth-order valence-electron chi connectivity index (χ4n) is 3.51. The number of hydrogen-bond acceptors (Lipinski definition) is 1. The zero-order chi connectivity index (χ0) is 19.9. The van der Waals surface area contributed by atoms with Crippen LogP contribution in [0.15, 0.2) is 97.7 Å². The van der Waals surface area contributed by atoms with Crippen LogP contribution in [0.5, 0.6) is 0 Å². The van der Waals surface area contributed by atoms with Crippen molar-refractivity contribution in [2.24, 2.45) is 0 Å². The van der Waals surface area contributed by atoms with Crippen molar-refractivity contribution < 1.29 is 0 Å². The second-order valence-corrected chi connectivity index (χ2v) is 6.67. The molecule has 0 aliphatic rings. The fourth-order valence-corrected chi connectivity index (χ4v) is 3.51. The van der Waals surface area contributed by atoms with Crippen LogP contribution in [-0.2, 0) is 0 Å². The number of allylic oxidation sites excluding steroid dienone is 4. The van der Waals surface area contributed by atoms with Gasteiger partial charge in [0.15, 0.2) is 0 Å². The summed E-state index contributed by atoms with van der Waals surface area (Å²) < 4.78 is 0. The van der Waals surface area contributed by atoms with Gasteiger partial charge in [-0.15, -0.1) is 0 Å². The second-order valence-electron chi connectivity index (χ2n) is 6.67. The molecule has 0 heterocycles. The lowest BCUT2D eigenvalue weighted by atomic mass is 9.96. The van der Waals surface area contributed by atoms with E-state index < -0.39 is 0 Å². The molecule has 0 saturated heterocycles. The van der Waals surface area contributed by atoms with Crippen molar-refractivity contribution in [2.45, 2.75) is 20.3 Å². The van der Waals surface area contributed by atoms with E-state index in [-0.39, 0.29) is 0 Å². The quantitative estimate of drug-likeness (QED) is 0.382. The van der Waals surface area contributed by atoms with Crippen molar-refractivity contribution in [3.8, 4) is 0 Å². The molecule has 0 fully saturated rings. The summed E-state index contributed by atoms with van der Waals surface area (Å²) in [5.74, 6) is 0. The Labute approximate surface area is 168 Å². The van der Waals surface area contributed by atoms with Gasteiger partial charge in [-0.05, 0) is 54.1 Å². The highest BCUT2D eigenvalue weighted by Gasteiger charge is 2.17. The molecule has 0 spiro atoms. The minimum atomic E-state index is 1.02. The Kier molecular flexibility index (Phi) is 6.29. The number of nitrogens with zero attached hydrogens (tertiary/aromatic N) is 1. The monoisotopic (exact) mass is 365 g/mol. The first-order valence-corrected chi connectivity index (χ1v) is 9.70. The first-order chi connectivity index (χ1) is 13.7. The van der Waals surface area contributed by atoms with E-state index in [4.69, 9.17) is 0 Å². The van der Waals surface area contributed by atoms with Crippen LogP contribution >= 0.6 is 0 Å². The fraction of sp³-hybridized carbons (Fsp3) is 0.111. The average molecular weight is 366 g/mol. The van der Waals surface area contributed by atoms with Crippen molar-refractivity contribution in [3.63, 3.8) is 0 Å². The molecule has 140 valence electrons. The lowest BCUT2D eigenvalue weighted by Gasteiger charge is -2.28. The minimum Gasteiger partial charge on any atom is -0.314 e. The van der Waals surface area contributed by atoms with Gasteiger partial charge in [-0.25, -0.2) is 0 Å². The van der Waals surface area contributed by atoms with Crippen molar-refractivity contribution in [3.05, 3.63) is 109 Å². The molecule has 3 aromatic carbocycles. The molecular weight excluding hydrogens is 338 g/mol. The highest BCUT2D eigenvalue weighted by atomic mass is 15.1. The standard InChI is InChI=1S/C27H27N/c1-5-8-10-15-21(4)28(23-16-11-9-12-17-23)27-20-22(6-2)24(7-3)25-18-13-14-19-26(25)27/h6-20H,2-3,5H2,1,4H3/b10-8-,21-15+. The maximum atomic E-state index is 4.03. The molecule has 3 rings (SSSR count). The maximum Gasteiger partial charge on any atom is 0.0543 e. The Morgan fingerprint density at radius 1 is 0.929 bits per heavy atom. The molecule has 1 heteroatoms. The van der Waals surface area contributed by atoms with Gasteiger partial charge in [-0.1, -0.05) is 86.9 Å².